The van der Waals surface area contributed by atoms with E-state index in [1.807, 2.05) is 31.2 Å². The van der Waals surface area contributed by atoms with Gasteiger partial charge in [-0.3, -0.25) is 0 Å². The van der Waals surface area contributed by atoms with Crippen LogP contribution in [-0.4, -0.2) is 23.2 Å². The minimum Gasteiger partial charge on any atom is -0.494 e. The molecule has 0 bridgehead atoms. The minimum atomic E-state index is -0.392. The van der Waals surface area contributed by atoms with E-state index in [1.165, 1.54) is 0 Å². The Hall–Kier alpha value is -0.670. The number of ether oxygens (including phenoxy) is 1. The van der Waals surface area contributed by atoms with Gasteiger partial charge in [-0.1, -0.05) is 19.1 Å². The van der Waals surface area contributed by atoms with E-state index in [0.717, 1.165) is 29.2 Å². The maximum Gasteiger partial charge on any atom is 0.119 e. The summed E-state index contributed by atoms with van der Waals surface area (Å²) in [5, 5.41) is 9.96. The topological polar surface area (TPSA) is 29.5 Å². The first kappa shape index (κ1) is 13.4. The number of thioether (sulfide) groups is 1. The molecule has 0 radical (unpaired) electrons. The van der Waals surface area contributed by atoms with Crippen LogP contribution in [0, 0.1) is 0 Å². The summed E-state index contributed by atoms with van der Waals surface area (Å²) < 4.78 is 5.40. The van der Waals surface area contributed by atoms with Crippen LogP contribution in [0.2, 0.25) is 0 Å². The lowest BCUT2D eigenvalue weighted by Gasteiger charge is -2.12. The fourth-order valence-corrected chi connectivity index (χ4v) is 2.28. The molecule has 0 spiro atoms. The SMILES string of the molecule is CCCSCC(O)c1cccc(OCC)c1. The third-order valence-corrected chi connectivity index (χ3v) is 3.43. The Kier molecular flexibility index (Phi) is 6.34. The van der Waals surface area contributed by atoms with E-state index in [-0.39, 0.29) is 0 Å². The first-order valence-corrected chi connectivity index (χ1v) is 6.92. The summed E-state index contributed by atoms with van der Waals surface area (Å²) in [7, 11) is 0. The molecule has 0 heterocycles. The number of hydrogen-bond donors (Lipinski definition) is 1. The van der Waals surface area contributed by atoms with Crippen LogP contribution in [0.5, 0.6) is 5.75 Å². The molecule has 0 aromatic heterocycles. The molecule has 0 saturated carbocycles. The standard InChI is InChI=1S/C13H20O2S/c1-3-8-16-10-13(14)11-6-5-7-12(9-11)15-4-2/h5-7,9,13-14H,3-4,8,10H2,1-2H3. The molecule has 1 rings (SSSR count). The summed E-state index contributed by atoms with van der Waals surface area (Å²) >= 11 is 1.78. The van der Waals surface area contributed by atoms with E-state index in [9.17, 15) is 5.11 Å². The number of rotatable bonds is 7. The third-order valence-electron chi connectivity index (χ3n) is 2.18. The maximum absolute atomic E-state index is 9.96. The normalized spacial score (nSPS) is 12.4. The van der Waals surface area contributed by atoms with Gasteiger partial charge in [0.2, 0.25) is 0 Å². The molecule has 0 saturated heterocycles. The molecule has 1 N–H and O–H groups in total. The largest absolute Gasteiger partial charge is 0.494 e. The quantitative estimate of drug-likeness (QED) is 0.742. The highest BCUT2D eigenvalue weighted by Gasteiger charge is 2.08. The van der Waals surface area contributed by atoms with E-state index in [1.54, 1.807) is 11.8 Å². The molecular weight excluding hydrogens is 220 g/mol. The van der Waals surface area contributed by atoms with Crippen molar-refractivity contribution < 1.29 is 9.84 Å². The van der Waals surface area contributed by atoms with Crippen LogP contribution in [0.3, 0.4) is 0 Å². The Morgan fingerprint density at radius 2 is 2.19 bits per heavy atom. The van der Waals surface area contributed by atoms with Gasteiger partial charge in [0.05, 0.1) is 12.7 Å². The summed E-state index contributed by atoms with van der Waals surface area (Å²) in [5.74, 6) is 2.69. The Morgan fingerprint density at radius 3 is 2.88 bits per heavy atom. The van der Waals surface area contributed by atoms with Gasteiger partial charge in [-0.2, -0.15) is 11.8 Å². The predicted molar refractivity (Wildman–Crippen MR) is 70.2 cm³/mol. The van der Waals surface area contributed by atoms with E-state index >= 15 is 0 Å². The van der Waals surface area contributed by atoms with E-state index < -0.39 is 6.10 Å². The van der Waals surface area contributed by atoms with Gasteiger partial charge in [-0.25, -0.2) is 0 Å². The Labute approximate surface area is 102 Å². The second-order valence-electron chi connectivity index (χ2n) is 3.60. The zero-order valence-electron chi connectivity index (χ0n) is 9.98. The van der Waals surface area contributed by atoms with Crippen LogP contribution in [-0.2, 0) is 0 Å². The molecule has 1 aromatic rings. The highest BCUT2D eigenvalue weighted by molar-refractivity contribution is 7.99. The number of aliphatic hydroxyl groups excluding tert-OH is 1. The summed E-state index contributed by atoms with van der Waals surface area (Å²) in [4.78, 5) is 0. The van der Waals surface area contributed by atoms with Crippen LogP contribution in [0.1, 0.15) is 31.9 Å². The number of aliphatic hydroxyl groups is 1. The first-order chi connectivity index (χ1) is 7.77. The van der Waals surface area contributed by atoms with Crippen LogP contribution < -0.4 is 4.74 Å². The molecule has 0 aliphatic rings. The zero-order chi connectivity index (χ0) is 11.8. The summed E-state index contributed by atoms with van der Waals surface area (Å²) in [5.41, 5.74) is 0.939. The molecule has 16 heavy (non-hydrogen) atoms. The molecule has 1 aromatic carbocycles. The van der Waals surface area contributed by atoms with Gasteiger partial charge in [-0.15, -0.1) is 0 Å². The van der Waals surface area contributed by atoms with Gasteiger partial charge in [0.25, 0.3) is 0 Å². The Morgan fingerprint density at radius 1 is 1.38 bits per heavy atom. The van der Waals surface area contributed by atoms with Gasteiger partial charge in [0.15, 0.2) is 0 Å². The average molecular weight is 240 g/mol. The summed E-state index contributed by atoms with van der Waals surface area (Å²) in [6, 6.07) is 7.70. The minimum absolute atomic E-state index is 0.392. The molecule has 0 amide bonds. The molecule has 90 valence electrons. The molecule has 2 nitrogen and oxygen atoms in total. The van der Waals surface area contributed by atoms with Crippen molar-refractivity contribution in [2.24, 2.45) is 0 Å². The van der Waals surface area contributed by atoms with Crippen molar-refractivity contribution in [2.45, 2.75) is 26.4 Å². The fraction of sp³-hybridized carbons (Fsp3) is 0.538. The predicted octanol–water partition coefficient (Wildman–Crippen LogP) is 3.26. The molecular formula is C13H20O2S. The number of hydrogen-bond acceptors (Lipinski definition) is 3. The van der Waals surface area contributed by atoms with Crippen LogP contribution >= 0.6 is 11.8 Å². The van der Waals surface area contributed by atoms with Crippen molar-refractivity contribution in [3.05, 3.63) is 29.8 Å². The Balaban J connectivity index is 2.53. The van der Waals surface area contributed by atoms with Crippen molar-refractivity contribution >= 4 is 11.8 Å². The monoisotopic (exact) mass is 240 g/mol. The van der Waals surface area contributed by atoms with Crippen LogP contribution in [0.4, 0.5) is 0 Å². The van der Waals surface area contributed by atoms with Crippen LogP contribution in [0.15, 0.2) is 24.3 Å². The highest BCUT2D eigenvalue weighted by atomic mass is 32.2. The van der Waals surface area contributed by atoms with Crippen molar-refractivity contribution in [3.63, 3.8) is 0 Å². The number of benzene rings is 1. The van der Waals surface area contributed by atoms with Crippen molar-refractivity contribution in [2.75, 3.05) is 18.1 Å². The smallest absolute Gasteiger partial charge is 0.119 e. The van der Waals surface area contributed by atoms with E-state index in [2.05, 4.69) is 6.92 Å². The van der Waals surface area contributed by atoms with E-state index in [0.29, 0.717) is 6.61 Å². The van der Waals surface area contributed by atoms with Gasteiger partial charge in [0, 0.05) is 5.75 Å². The summed E-state index contributed by atoms with van der Waals surface area (Å²) in [6.07, 6.45) is 0.757. The lowest BCUT2D eigenvalue weighted by Crippen LogP contribution is -2.02. The lowest BCUT2D eigenvalue weighted by molar-refractivity contribution is 0.203. The van der Waals surface area contributed by atoms with Gasteiger partial charge in [0.1, 0.15) is 5.75 Å². The zero-order valence-corrected chi connectivity index (χ0v) is 10.8. The van der Waals surface area contributed by atoms with Gasteiger partial charge < -0.3 is 9.84 Å². The van der Waals surface area contributed by atoms with Gasteiger partial charge >= 0.3 is 0 Å². The molecule has 1 unspecified atom stereocenters. The van der Waals surface area contributed by atoms with Gasteiger partial charge in [-0.05, 0) is 36.8 Å². The second-order valence-corrected chi connectivity index (χ2v) is 4.75. The third kappa shape index (κ3) is 4.45. The lowest BCUT2D eigenvalue weighted by atomic mass is 10.1. The van der Waals surface area contributed by atoms with Crippen molar-refractivity contribution in [1.82, 2.24) is 0 Å². The fourth-order valence-electron chi connectivity index (χ4n) is 1.41. The van der Waals surface area contributed by atoms with Crippen molar-refractivity contribution in [1.29, 1.82) is 0 Å². The molecule has 0 fully saturated rings. The van der Waals surface area contributed by atoms with Crippen LogP contribution in [0.25, 0.3) is 0 Å². The Bertz CT molecular complexity index is 302. The van der Waals surface area contributed by atoms with E-state index in [4.69, 9.17) is 4.74 Å². The second kappa shape index (κ2) is 7.58. The molecule has 1 atom stereocenters. The average Bonchev–Trinajstić information content (AvgIpc) is 2.30. The highest BCUT2D eigenvalue weighted by Crippen LogP contribution is 2.22. The maximum atomic E-state index is 9.96. The molecule has 3 heteroatoms. The first-order valence-electron chi connectivity index (χ1n) is 5.76. The molecule has 0 aliphatic heterocycles. The van der Waals surface area contributed by atoms with Crippen molar-refractivity contribution in [3.8, 4) is 5.75 Å². The molecule has 0 aliphatic carbocycles. The summed E-state index contributed by atoms with van der Waals surface area (Å²) in [6.45, 7) is 4.76.